The van der Waals surface area contributed by atoms with Crippen molar-refractivity contribution in [2.75, 3.05) is 19.8 Å². The molecule has 4 N–H and O–H groups in total. The number of nitrogens with one attached hydrogen (secondary N) is 1. The van der Waals surface area contributed by atoms with Gasteiger partial charge in [-0.05, 0) is 37.3 Å². The fourth-order valence-corrected chi connectivity index (χ4v) is 3.52. The molecule has 0 aliphatic carbocycles. The molecule has 0 bridgehead atoms. The van der Waals surface area contributed by atoms with E-state index >= 15 is 0 Å². The van der Waals surface area contributed by atoms with Gasteiger partial charge in [-0.3, -0.25) is 10.2 Å². The Bertz CT molecular complexity index is 1290. The Hall–Kier alpha value is -4.08. The summed E-state index contributed by atoms with van der Waals surface area (Å²) in [5.41, 5.74) is 5.04. The monoisotopic (exact) mass is 441 g/mol. The zero-order chi connectivity index (χ0) is 23.0. The number of hydrogen-bond acceptors (Lipinski definition) is 6. The Morgan fingerprint density at radius 2 is 2.00 bits per heavy atom. The van der Waals surface area contributed by atoms with Gasteiger partial charge in [0, 0.05) is 11.8 Å². The average Bonchev–Trinajstić information content (AvgIpc) is 2.76. The van der Waals surface area contributed by atoms with Crippen LogP contribution >= 0.6 is 0 Å². The number of halogens is 1. The standard InChI is InChI=1S/C22H20FN3O6/c1-11-10-32-20-17-14(18(27)15(22(28)29)9-26(11)17)8-16(23)19(20)31-7-6-30-13-4-2-12(3-5-13)21(24)25/h2-5,8-9,11H,6-7,10H2,1H3,(H3,24,25)(H,28,29). The van der Waals surface area contributed by atoms with Crippen molar-refractivity contribution in [2.24, 2.45) is 5.73 Å². The van der Waals surface area contributed by atoms with E-state index in [2.05, 4.69) is 0 Å². The maximum absolute atomic E-state index is 14.8. The van der Waals surface area contributed by atoms with Crippen LogP contribution in [0.25, 0.3) is 10.9 Å². The van der Waals surface area contributed by atoms with Crippen molar-refractivity contribution in [3.63, 3.8) is 0 Å². The maximum atomic E-state index is 14.8. The second kappa shape index (κ2) is 8.22. The molecule has 9 nitrogen and oxygen atoms in total. The molecule has 0 fully saturated rings. The number of amidine groups is 1. The molecular weight excluding hydrogens is 421 g/mol. The van der Waals surface area contributed by atoms with E-state index < -0.39 is 22.8 Å². The Labute approximate surface area is 181 Å². The largest absolute Gasteiger partial charge is 0.490 e. The summed E-state index contributed by atoms with van der Waals surface area (Å²) >= 11 is 0. The zero-order valence-electron chi connectivity index (χ0n) is 17.1. The summed E-state index contributed by atoms with van der Waals surface area (Å²) < 4.78 is 33.2. The van der Waals surface area contributed by atoms with Crippen LogP contribution in [-0.2, 0) is 0 Å². The predicted molar refractivity (Wildman–Crippen MR) is 114 cm³/mol. The maximum Gasteiger partial charge on any atom is 0.341 e. The summed E-state index contributed by atoms with van der Waals surface area (Å²) in [6, 6.07) is 7.31. The van der Waals surface area contributed by atoms with Crippen LogP contribution in [0.4, 0.5) is 4.39 Å². The van der Waals surface area contributed by atoms with E-state index in [9.17, 15) is 19.1 Å². The van der Waals surface area contributed by atoms with Crippen LogP contribution in [0.1, 0.15) is 28.9 Å². The predicted octanol–water partition coefficient (Wildman–Crippen LogP) is 2.53. The number of ether oxygens (including phenoxy) is 3. The quantitative estimate of drug-likeness (QED) is 0.291. The molecule has 10 heteroatoms. The topological polar surface area (TPSA) is 137 Å². The van der Waals surface area contributed by atoms with E-state index in [1.807, 2.05) is 0 Å². The molecule has 1 unspecified atom stereocenters. The fraction of sp³-hybridized carbons (Fsp3) is 0.227. The minimum Gasteiger partial charge on any atom is -0.490 e. The third kappa shape index (κ3) is 3.70. The molecule has 32 heavy (non-hydrogen) atoms. The highest BCUT2D eigenvalue weighted by atomic mass is 19.1. The van der Waals surface area contributed by atoms with Gasteiger partial charge in [0.25, 0.3) is 0 Å². The second-order valence-electron chi connectivity index (χ2n) is 7.29. The van der Waals surface area contributed by atoms with Crippen molar-refractivity contribution in [1.29, 1.82) is 5.41 Å². The molecule has 0 saturated carbocycles. The number of aromatic nitrogens is 1. The smallest absolute Gasteiger partial charge is 0.341 e. The Morgan fingerprint density at radius 1 is 1.31 bits per heavy atom. The van der Waals surface area contributed by atoms with Crippen molar-refractivity contribution >= 4 is 22.7 Å². The molecule has 2 heterocycles. The number of benzene rings is 2. The van der Waals surface area contributed by atoms with Crippen LogP contribution < -0.4 is 25.4 Å². The van der Waals surface area contributed by atoms with Gasteiger partial charge < -0.3 is 29.6 Å². The number of nitrogens with two attached hydrogens (primary N) is 1. The zero-order valence-corrected chi connectivity index (χ0v) is 17.1. The lowest BCUT2D eigenvalue weighted by molar-refractivity contribution is 0.0694. The van der Waals surface area contributed by atoms with Crippen LogP contribution in [0, 0.1) is 11.2 Å². The minimum atomic E-state index is -1.38. The number of carboxylic acids is 1. The Kier molecular flexibility index (Phi) is 5.43. The van der Waals surface area contributed by atoms with Crippen molar-refractivity contribution in [2.45, 2.75) is 13.0 Å². The molecule has 4 rings (SSSR count). The first-order chi connectivity index (χ1) is 15.3. The SMILES string of the molecule is CC1COc2c(OCCOc3ccc(C(=N)N)cc3)c(F)cc3c(=O)c(C(=O)O)cn1c23. The molecule has 1 aromatic heterocycles. The Balaban J connectivity index is 1.59. The molecule has 0 radical (unpaired) electrons. The Morgan fingerprint density at radius 3 is 2.66 bits per heavy atom. The highest BCUT2D eigenvalue weighted by Gasteiger charge is 2.28. The van der Waals surface area contributed by atoms with Gasteiger partial charge in [0.1, 0.15) is 37.0 Å². The molecule has 1 atom stereocenters. The lowest BCUT2D eigenvalue weighted by atomic mass is 10.1. The van der Waals surface area contributed by atoms with Gasteiger partial charge in [0.15, 0.2) is 17.3 Å². The molecule has 3 aromatic rings. The molecule has 0 saturated heterocycles. The van der Waals surface area contributed by atoms with E-state index in [4.69, 9.17) is 25.4 Å². The van der Waals surface area contributed by atoms with Gasteiger partial charge >= 0.3 is 5.97 Å². The van der Waals surface area contributed by atoms with Crippen molar-refractivity contribution in [1.82, 2.24) is 4.57 Å². The summed E-state index contributed by atoms with van der Waals surface area (Å²) in [5, 5.41) is 16.6. The molecule has 0 amide bonds. The highest BCUT2D eigenvalue weighted by molar-refractivity contribution is 5.96. The molecule has 166 valence electrons. The van der Waals surface area contributed by atoms with Crippen LogP contribution in [0.2, 0.25) is 0 Å². The third-order valence-corrected chi connectivity index (χ3v) is 5.12. The number of pyridine rings is 1. The molecule has 1 aliphatic rings. The summed E-state index contributed by atoms with van der Waals surface area (Å²) in [7, 11) is 0. The number of nitrogen functional groups attached to an aromatic ring is 1. The molecule has 2 aromatic carbocycles. The number of hydrogen-bond donors (Lipinski definition) is 3. The van der Waals surface area contributed by atoms with Crippen LogP contribution in [0.3, 0.4) is 0 Å². The number of carbonyl (C=O) groups is 1. The van der Waals surface area contributed by atoms with Gasteiger partial charge in [-0.15, -0.1) is 0 Å². The van der Waals surface area contributed by atoms with E-state index in [0.717, 1.165) is 6.07 Å². The summed E-state index contributed by atoms with van der Waals surface area (Å²) in [6.07, 6.45) is 1.25. The third-order valence-electron chi connectivity index (χ3n) is 5.12. The number of carboxylic acid groups (broad SMARTS) is 1. The average molecular weight is 441 g/mol. The van der Waals surface area contributed by atoms with Crippen LogP contribution in [-0.4, -0.2) is 41.3 Å². The normalized spacial score (nSPS) is 14.6. The number of nitrogens with zero attached hydrogens (tertiary/aromatic N) is 1. The van der Waals surface area contributed by atoms with Crippen LogP contribution in [0.15, 0.2) is 41.3 Å². The van der Waals surface area contributed by atoms with Gasteiger partial charge in [-0.1, -0.05) is 0 Å². The highest BCUT2D eigenvalue weighted by Crippen LogP contribution is 2.41. The first-order valence-corrected chi connectivity index (χ1v) is 9.75. The summed E-state index contributed by atoms with van der Waals surface area (Å²) in [4.78, 5) is 24.0. The first kappa shape index (κ1) is 21.2. The van der Waals surface area contributed by atoms with Crippen molar-refractivity contribution in [3.8, 4) is 17.2 Å². The van der Waals surface area contributed by atoms with E-state index in [1.165, 1.54) is 6.20 Å². The molecular formula is C22H20FN3O6. The van der Waals surface area contributed by atoms with Gasteiger partial charge in [-0.2, -0.15) is 0 Å². The molecule has 0 spiro atoms. The van der Waals surface area contributed by atoms with Gasteiger partial charge in [0.2, 0.25) is 5.43 Å². The lowest BCUT2D eigenvalue weighted by Gasteiger charge is -2.28. The van der Waals surface area contributed by atoms with Gasteiger partial charge in [0.05, 0.1) is 16.9 Å². The van der Waals surface area contributed by atoms with E-state index in [0.29, 0.717) is 11.3 Å². The lowest BCUT2D eigenvalue weighted by Crippen LogP contribution is -2.27. The van der Waals surface area contributed by atoms with E-state index in [-0.39, 0.29) is 54.1 Å². The number of aromatic carboxylic acids is 1. The van der Waals surface area contributed by atoms with Gasteiger partial charge in [-0.25, -0.2) is 9.18 Å². The number of rotatable bonds is 7. The van der Waals surface area contributed by atoms with Crippen LogP contribution in [0.5, 0.6) is 17.2 Å². The summed E-state index contributed by atoms with van der Waals surface area (Å²) in [5.74, 6) is -1.86. The fourth-order valence-electron chi connectivity index (χ4n) is 3.52. The van der Waals surface area contributed by atoms with Crippen molar-refractivity contribution in [3.05, 3.63) is 63.7 Å². The first-order valence-electron chi connectivity index (χ1n) is 9.75. The second-order valence-corrected chi connectivity index (χ2v) is 7.29. The van der Waals surface area contributed by atoms with E-state index in [1.54, 1.807) is 35.8 Å². The van der Waals surface area contributed by atoms with Crippen molar-refractivity contribution < 1.29 is 28.5 Å². The minimum absolute atomic E-state index is 0.0136. The summed E-state index contributed by atoms with van der Waals surface area (Å²) in [6.45, 7) is 2.04. The molecule has 1 aliphatic heterocycles.